The molecule has 0 saturated heterocycles. The highest BCUT2D eigenvalue weighted by atomic mass is 19.1. The number of nitrogens with two attached hydrogens (primary N) is 1. The molecule has 2 aromatic heterocycles. The van der Waals surface area contributed by atoms with Gasteiger partial charge in [0.05, 0.1) is 34.7 Å². The van der Waals surface area contributed by atoms with Crippen LogP contribution in [0.4, 0.5) is 4.39 Å². The number of carbonyl (C=O) groups excluding carboxylic acids is 1. The summed E-state index contributed by atoms with van der Waals surface area (Å²) >= 11 is 0. The molecule has 8 heteroatoms. The van der Waals surface area contributed by atoms with Gasteiger partial charge in [0.1, 0.15) is 11.4 Å². The number of hydrogen-bond acceptors (Lipinski definition) is 4. The van der Waals surface area contributed by atoms with Crippen molar-refractivity contribution in [2.75, 3.05) is 0 Å². The molecule has 0 spiro atoms. The predicted molar refractivity (Wildman–Crippen MR) is 109 cm³/mol. The van der Waals surface area contributed by atoms with E-state index in [1.165, 1.54) is 44.5 Å². The second kappa shape index (κ2) is 6.97. The maximum Gasteiger partial charge on any atom is 0.270 e. The van der Waals surface area contributed by atoms with Gasteiger partial charge in [-0.25, -0.2) is 20.2 Å². The number of amides is 1. The highest BCUT2D eigenvalue weighted by Crippen LogP contribution is 2.34. The second-order valence-corrected chi connectivity index (χ2v) is 7.53. The van der Waals surface area contributed by atoms with E-state index in [0.29, 0.717) is 22.6 Å². The molecule has 0 radical (unpaired) electrons. The van der Waals surface area contributed by atoms with Crippen molar-refractivity contribution in [3.8, 4) is 11.1 Å². The maximum atomic E-state index is 14.8. The van der Waals surface area contributed by atoms with Gasteiger partial charge in [-0.2, -0.15) is 0 Å². The number of hydrogen-bond donors (Lipinski definition) is 3. The number of nitrogens with one attached hydrogen (secondary N) is 2. The first-order chi connectivity index (χ1) is 14.2. The van der Waals surface area contributed by atoms with Crippen LogP contribution in [0.2, 0.25) is 0 Å². The van der Waals surface area contributed by atoms with Gasteiger partial charge < -0.3 is 9.55 Å². The van der Waals surface area contributed by atoms with E-state index in [9.17, 15) is 9.18 Å². The Bertz CT molecular complexity index is 1220. The number of hydrazine groups is 1. The van der Waals surface area contributed by atoms with Gasteiger partial charge in [-0.1, -0.05) is 25.3 Å². The normalized spacial score (nSPS) is 15.2. The lowest BCUT2D eigenvalue weighted by molar-refractivity contribution is 0.0951. The number of imidazole rings is 2. The quantitative estimate of drug-likeness (QED) is 0.280. The molecule has 4 aromatic rings. The van der Waals surface area contributed by atoms with E-state index in [4.69, 9.17) is 5.84 Å². The summed E-state index contributed by atoms with van der Waals surface area (Å²) in [5, 5.41) is 0. The number of aromatic nitrogens is 4. The van der Waals surface area contributed by atoms with Crippen LogP contribution in [0.25, 0.3) is 33.2 Å². The first-order valence-electron chi connectivity index (χ1n) is 9.81. The molecule has 1 aliphatic carbocycles. The summed E-state index contributed by atoms with van der Waals surface area (Å²) in [6.45, 7) is 0. The molecule has 0 bridgehead atoms. The molecule has 29 heavy (non-hydrogen) atoms. The molecule has 2 heterocycles. The van der Waals surface area contributed by atoms with E-state index in [1.54, 1.807) is 0 Å². The third-order valence-corrected chi connectivity index (χ3v) is 5.87. The Morgan fingerprint density at radius 3 is 2.83 bits per heavy atom. The van der Waals surface area contributed by atoms with E-state index >= 15 is 0 Å². The van der Waals surface area contributed by atoms with E-state index in [0.717, 1.165) is 16.6 Å². The monoisotopic (exact) mass is 392 g/mol. The van der Waals surface area contributed by atoms with Gasteiger partial charge in [0.25, 0.3) is 5.91 Å². The zero-order valence-electron chi connectivity index (χ0n) is 15.8. The van der Waals surface area contributed by atoms with Crippen molar-refractivity contribution in [2.45, 2.75) is 38.1 Å². The highest BCUT2D eigenvalue weighted by Gasteiger charge is 2.22. The average molecular weight is 392 g/mol. The fourth-order valence-electron chi connectivity index (χ4n) is 4.44. The SMILES string of the molecule is NNC(=O)c1c(F)cc(-c2ccc3c(c2)ncn3C2CCCCC2)c2nc[nH]c12. The van der Waals surface area contributed by atoms with Crippen molar-refractivity contribution in [2.24, 2.45) is 5.84 Å². The lowest BCUT2D eigenvalue weighted by Gasteiger charge is -2.23. The Morgan fingerprint density at radius 1 is 1.21 bits per heavy atom. The Hall–Kier alpha value is -3.26. The summed E-state index contributed by atoms with van der Waals surface area (Å²) in [4.78, 5) is 23.7. The molecule has 1 amide bonds. The van der Waals surface area contributed by atoms with Gasteiger partial charge in [-0.05, 0) is 36.6 Å². The van der Waals surface area contributed by atoms with E-state index in [2.05, 4.69) is 19.5 Å². The summed E-state index contributed by atoms with van der Waals surface area (Å²) < 4.78 is 17.0. The summed E-state index contributed by atoms with van der Waals surface area (Å²) in [6.07, 6.45) is 9.51. The van der Waals surface area contributed by atoms with Gasteiger partial charge >= 0.3 is 0 Å². The van der Waals surface area contributed by atoms with Crippen molar-refractivity contribution in [1.82, 2.24) is 24.9 Å². The lowest BCUT2D eigenvalue weighted by atomic mass is 9.95. The molecule has 148 valence electrons. The minimum absolute atomic E-state index is 0.147. The molecular weight excluding hydrogens is 371 g/mol. The molecule has 1 fully saturated rings. The molecule has 0 atom stereocenters. The van der Waals surface area contributed by atoms with Crippen LogP contribution in [-0.4, -0.2) is 25.4 Å². The van der Waals surface area contributed by atoms with Crippen LogP contribution in [0.1, 0.15) is 48.5 Å². The van der Waals surface area contributed by atoms with Gasteiger partial charge in [0.2, 0.25) is 0 Å². The van der Waals surface area contributed by atoms with Crippen LogP contribution in [0, 0.1) is 5.82 Å². The summed E-state index contributed by atoms with van der Waals surface area (Å²) in [6, 6.07) is 7.75. The fraction of sp³-hybridized carbons (Fsp3) is 0.286. The average Bonchev–Trinajstić information content (AvgIpc) is 3.40. The van der Waals surface area contributed by atoms with E-state index in [-0.39, 0.29) is 5.56 Å². The Balaban J connectivity index is 1.62. The number of halogens is 1. The minimum atomic E-state index is -0.704. The zero-order chi connectivity index (χ0) is 20.0. The van der Waals surface area contributed by atoms with Crippen molar-refractivity contribution >= 4 is 28.0 Å². The van der Waals surface area contributed by atoms with Crippen molar-refractivity contribution < 1.29 is 9.18 Å². The number of aromatic amines is 1. The molecule has 2 aromatic carbocycles. The highest BCUT2D eigenvalue weighted by molar-refractivity contribution is 6.08. The topological polar surface area (TPSA) is 102 Å². The largest absolute Gasteiger partial charge is 0.344 e. The number of H-pyrrole nitrogens is 1. The third kappa shape index (κ3) is 2.87. The number of carbonyl (C=O) groups is 1. The first-order valence-corrected chi connectivity index (χ1v) is 9.81. The Kier molecular flexibility index (Phi) is 4.28. The minimum Gasteiger partial charge on any atom is -0.344 e. The van der Waals surface area contributed by atoms with Crippen LogP contribution < -0.4 is 11.3 Å². The van der Waals surface area contributed by atoms with E-state index < -0.39 is 11.7 Å². The zero-order valence-corrected chi connectivity index (χ0v) is 15.8. The van der Waals surface area contributed by atoms with Crippen LogP contribution >= 0.6 is 0 Å². The second-order valence-electron chi connectivity index (χ2n) is 7.53. The van der Waals surface area contributed by atoms with Crippen LogP contribution in [0.15, 0.2) is 36.9 Å². The molecule has 1 saturated carbocycles. The van der Waals surface area contributed by atoms with Gasteiger partial charge in [-0.3, -0.25) is 10.2 Å². The third-order valence-electron chi connectivity index (χ3n) is 5.87. The molecule has 5 rings (SSSR count). The molecular formula is C21H21FN6O. The van der Waals surface area contributed by atoms with Gasteiger partial charge in [0, 0.05) is 11.6 Å². The molecule has 4 N–H and O–H groups in total. The number of nitrogen functional groups attached to an aromatic ring is 1. The van der Waals surface area contributed by atoms with Crippen LogP contribution in [0.5, 0.6) is 0 Å². The molecule has 7 nitrogen and oxygen atoms in total. The smallest absolute Gasteiger partial charge is 0.270 e. The van der Waals surface area contributed by atoms with Crippen LogP contribution in [-0.2, 0) is 0 Å². The predicted octanol–water partition coefficient (Wildman–Crippen LogP) is 3.83. The van der Waals surface area contributed by atoms with E-state index in [1.807, 2.05) is 30.0 Å². The summed E-state index contributed by atoms with van der Waals surface area (Å²) in [5.41, 5.74) is 6.00. The lowest BCUT2D eigenvalue weighted by Crippen LogP contribution is -2.31. The first kappa shape index (κ1) is 17.8. The number of benzene rings is 2. The number of rotatable bonds is 3. The van der Waals surface area contributed by atoms with Gasteiger partial charge in [-0.15, -0.1) is 0 Å². The number of nitrogens with zero attached hydrogens (tertiary/aromatic N) is 3. The Labute approximate surface area is 166 Å². The van der Waals surface area contributed by atoms with Crippen molar-refractivity contribution in [3.05, 3.63) is 48.3 Å². The summed E-state index contributed by atoms with van der Waals surface area (Å²) in [7, 11) is 0. The van der Waals surface area contributed by atoms with Gasteiger partial charge in [0.15, 0.2) is 0 Å². The molecule has 0 unspecified atom stereocenters. The van der Waals surface area contributed by atoms with Crippen molar-refractivity contribution in [1.29, 1.82) is 0 Å². The van der Waals surface area contributed by atoms with Crippen LogP contribution in [0.3, 0.4) is 0 Å². The van der Waals surface area contributed by atoms with Crippen molar-refractivity contribution in [3.63, 3.8) is 0 Å². The summed E-state index contributed by atoms with van der Waals surface area (Å²) in [5.74, 6) is 3.83. The Morgan fingerprint density at radius 2 is 2.03 bits per heavy atom. The molecule has 1 aliphatic rings. The molecule has 0 aliphatic heterocycles. The fourth-order valence-corrected chi connectivity index (χ4v) is 4.44. The standard InChI is InChI=1S/C21H21FN6O/c22-15-9-14(19-20(25-10-24-19)18(15)21(29)27-23)12-6-7-17-16(8-12)26-11-28(17)13-4-2-1-3-5-13/h6-11,13H,1-5,23H2,(H,24,25)(H,27,29). The number of fused-ring (bicyclic) bond motifs is 2. The maximum absolute atomic E-state index is 14.8.